The van der Waals surface area contributed by atoms with Gasteiger partial charge >= 0.3 is 0 Å². The van der Waals surface area contributed by atoms with Gasteiger partial charge < -0.3 is 9.26 Å². The molecule has 1 fully saturated rings. The Balaban J connectivity index is 1.47. The van der Waals surface area contributed by atoms with Crippen molar-refractivity contribution in [3.63, 3.8) is 0 Å². The molecule has 6 heteroatoms. The summed E-state index contributed by atoms with van der Waals surface area (Å²) in [5.74, 6) is 2.56. The molecule has 2 heterocycles. The van der Waals surface area contributed by atoms with E-state index in [1.165, 1.54) is 0 Å². The van der Waals surface area contributed by atoms with Gasteiger partial charge in [-0.2, -0.15) is 10.1 Å². The molecule has 1 aliphatic carbocycles. The second kappa shape index (κ2) is 4.08. The maximum Gasteiger partial charge on any atom is 0.229 e. The number of nitrogens with one attached hydrogen (secondary N) is 1. The van der Waals surface area contributed by atoms with Crippen LogP contribution in [0, 0.1) is 0 Å². The summed E-state index contributed by atoms with van der Waals surface area (Å²) in [5, 5.41) is 11.8. The number of fused-ring (bicyclic) bond motifs is 1. The number of aromatic nitrogens is 4. The van der Waals surface area contributed by atoms with Gasteiger partial charge in [-0.1, -0.05) is 5.16 Å². The first-order chi connectivity index (χ1) is 9.38. The average Bonchev–Trinajstić information content (AvgIpc) is 3.01. The Morgan fingerprint density at radius 3 is 3.21 bits per heavy atom. The van der Waals surface area contributed by atoms with Crippen LogP contribution in [0.15, 0.2) is 28.9 Å². The summed E-state index contributed by atoms with van der Waals surface area (Å²) in [6.45, 7) is 0.315. The zero-order valence-corrected chi connectivity index (χ0v) is 10.2. The minimum absolute atomic E-state index is 0.315. The highest BCUT2D eigenvalue weighted by molar-refractivity contribution is 5.79. The van der Waals surface area contributed by atoms with Crippen molar-refractivity contribution < 1.29 is 9.26 Å². The molecule has 96 valence electrons. The highest BCUT2D eigenvalue weighted by Gasteiger charge is 2.29. The molecule has 0 atom stereocenters. The van der Waals surface area contributed by atoms with Crippen molar-refractivity contribution in [1.29, 1.82) is 0 Å². The lowest BCUT2D eigenvalue weighted by atomic mass is 10.2. The van der Waals surface area contributed by atoms with E-state index >= 15 is 0 Å². The van der Waals surface area contributed by atoms with Crippen LogP contribution < -0.4 is 4.74 Å². The van der Waals surface area contributed by atoms with Gasteiger partial charge in [0.15, 0.2) is 6.61 Å². The van der Waals surface area contributed by atoms with Crippen molar-refractivity contribution in [2.45, 2.75) is 25.4 Å². The highest BCUT2D eigenvalue weighted by atomic mass is 16.5. The van der Waals surface area contributed by atoms with Crippen LogP contribution in [-0.2, 0) is 6.61 Å². The van der Waals surface area contributed by atoms with E-state index in [2.05, 4.69) is 20.3 Å². The van der Waals surface area contributed by atoms with Crippen LogP contribution >= 0.6 is 0 Å². The van der Waals surface area contributed by atoms with E-state index < -0.39 is 0 Å². The second-order valence-corrected chi connectivity index (χ2v) is 4.73. The van der Waals surface area contributed by atoms with Crippen LogP contribution in [0.2, 0.25) is 0 Å². The van der Waals surface area contributed by atoms with Gasteiger partial charge in [0.25, 0.3) is 0 Å². The van der Waals surface area contributed by atoms with Crippen molar-refractivity contribution in [3.05, 3.63) is 36.1 Å². The predicted octanol–water partition coefficient (Wildman–Crippen LogP) is 2.40. The fourth-order valence-corrected chi connectivity index (χ4v) is 1.98. The summed E-state index contributed by atoms with van der Waals surface area (Å²) in [4.78, 5) is 4.32. The Hall–Kier alpha value is -2.37. The van der Waals surface area contributed by atoms with Crippen molar-refractivity contribution in [2.24, 2.45) is 0 Å². The van der Waals surface area contributed by atoms with Gasteiger partial charge in [0, 0.05) is 17.4 Å². The number of aromatic amines is 1. The molecule has 0 radical (unpaired) electrons. The number of benzene rings is 1. The third kappa shape index (κ3) is 2.05. The molecule has 1 N–H and O–H groups in total. The molecule has 0 bridgehead atoms. The number of H-pyrrole nitrogens is 1. The molecule has 19 heavy (non-hydrogen) atoms. The Morgan fingerprint density at radius 2 is 2.32 bits per heavy atom. The summed E-state index contributed by atoms with van der Waals surface area (Å²) < 4.78 is 10.8. The standard InChI is InChI=1S/C13H12N4O2/c1-2-8(1)13-15-12(17-19-13)7-18-10-4-3-9-6-14-16-11(9)5-10/h3-6,8H,1-2,7H2,(H,14,16). The lowest BCUT2D eigenvalue weighted by Crippen LogP contribution is -1.97. The minimum atomic E-state index is 0.315. The Labute approximate surface area is 108 Å². The molecule has 4 rings (SSSR count). The van der Waals surface area contributed by atoms with Gasteiger partial charge in [-0.15, -0.1) is 0 Å². The van der Waals surface area contributed by atoms with E-state index in [0.717, 1.165) is 35.4 Å². The SMILES string of the molecule is c1cc2cn[nH]c2cc1OCc1noc(C2CC2)n1. The molecule has 0 spiro atoms. The van der Waals surface area contributed by atoms with Gasteiger partial charge in [0.05, 0.1) is 11.7 Å². The number of nitrogens with zero attached hydrogens (tertiary/aromatic N) is 3. The van der Waals surface area contributed by atoms with Gasteiger partial charge in [0.1, 0.15) is 5.75 Å². The molecule has 3 aromatic rings. The Bertz CT molecular complexity index is 714. The molecule has 2 aromatic heterocycles. The molecular formula is C13H12N4O2. The van der Waals surface area contributed by atoms with Crippen LogP contribution in [0.5, 0.6) is 5.75 Å². The molecule has 0 amide bonds. The molecule has 0 saturated heterocycles. The monoisotopic (exact) mass is 256 g/mol. The lowest BCUT2D eigenvalue weighted by Gasteiger charge is -2.02. The number of ether oxygens (including phenoxy) is 1. The van der Waals surface area contributed by atoms with E-state index in [-0.39, 0.29) is 0 Å². The van der Waals surface area contributed by atoms with E-state index in [0.29, 0.717) is 18.3 Å². The first-order valence-electron chi connectivity index (χ1n) is 6.27. The maximum absolute atomic E-state index is 5.65. The zero-order chi connectivity index (χ0) is 12.7. The van der Waals surface area contributed by atoms with Crippen LogP contribution in [0.25, 0.3) is 10.9 Å². The van der Waals surface area contributed by atoms with Gasteiger partial charge in [-0.25, -0.2) is 0 Å². The summed E-state index contributed by atoms with van der Waals surface area (Å²) in [6, 6.07) is 5.77. The molecular weight excluding hydrogens is 244 g/mol. The third-order valence-corrected chi connectivity index (χ3v) is 3.19. The molecule has 0 aliphatic heterocycles. The summed E-state index contributed by atoms with van der Waals surface area (Å²) >= 11 is 0. The third-order valence-electron chi connectivity index (χ3n) is 3.19. The van der Waals surface area contributed by atoms with Crippen LogP contribution in [0.3, 0.4) is 0 Å². The van der Waals surface area contributed by atoms with Crippen LogP contribution in [-0.4, -0.2) is 20.3 Å². The smallest absolute Gasteiger partial charge is 0.229 e. The normalized spacial score (nSPS) is 14.9. The Morgan fingerprint density at radius 1 is 1.37 bits per heavy atom. The van der Waals surface area contributed by atoms with Crippen molar-refractivity contribution in [3.8, 4) is 5.75 Å². The van der Waals surface area contributed by atoms with Crippen LogP contribution in [0.4, 0.5) is 0 Å². The highest BCUT2D eigenvalue weighted by Crippen LogP contribution is 2.38. The van der Waals surface area contributed by atoms with Crippen molar-refractivity contribution in [1.82, 2.24) is 20.3 Å². The molecule has 1 aromatic carbocycles. The predicted molar refractivity (Wildman–Crippen MR) is 66.7 cm³/mol. The van der Waals surface area contributed by atoms with Gasteiger partial charge in [0.2, 0.25) is 11.7 Å². The second-order valence-electron chi connectivity index (χ2n) is 4.73. The van der Waals surface area contributed by atoms with E-state index in [1.54, 1.807) is 6.20 Å². The summed E-state index contributed by atoms with van der Waals surface area (Å²) in [5.41, 5.74) is 0.948. The topological polar surface area (TPSA) is 76.8 Å². The zero-order valence-electron chi connectivity index (χ0n) is 10.2. The minimum Gasteiger partial charge on any atom is -0.485 e. The number of rotatable bonds is 4. The maximum atomic E-state index is 5.65. The molecule has 1 aliphatic rings. The van der Waals surface area contributed by atoms with E-state index in [1.807, 2.05) is 18.2 Å². The van der Waals surface area contributed by atoms with Crippen molar-refractivity contribution in [2.75, 3.05) is 0 Å². The lowest BCUT2D eigenvalue weighted by molar-refractivity contribution is 0.285. The largest absolute Gasteiger partial charge is 0.485 e. The van der Waals surface area contributed by atoms with Gasteiger partial charge in [-0.05, 0) is 25.0 Å². The Kier molecular flexibility index (Phi) is 2.26. The molecule has 1 saturated carbocycles. The van der Waals surface area contributed by atoms with Crippen LogP contribution in [0.1, 0.15) is 30.5 Å². The van der Waals surface area contributed by atoms with E-state index in [4.69, 9.17) is 9.26 Å². The van der Waals surface area contributed by atoms with Crippen molar-refractivity contribution >= 4 is 10.9 Å². The first kappa shape index (κ1) is 10.5. The average molecular weight is 256 g/mol. The van der Waals surface area contributed by atoms with E-state index in [9.17, 15) is 0 Å². The first-order valence-corrected chi connectivity index (χ1v) is 6.27. The fourth-order valence-electron chi connectivity index (χ4n) is 1.98. The quantitative estimate of drug-likeness (QED) is 0.775. The summed E-state index contributed by atoms with van der Waals surface area (Å²) in [7, 11) is 0. The fraction of sp³-hybridized carbons (Fsp3) is 0.308. The number of hydrogen-bond acceptors (Lipinski definition) is 5. The summed E-state index contributed by atoms with van der Waals surface area (Å²) in [6.07, 6.45) is 4.08. The number of hydrogen-bond donors (Lipinski definition) is 1. The van der Waals surface area contributed by atoms with Gasteiger partial charge in [-0.3, -0.25) is 5.10 Å². The molecule has 0 unspecified atom stereocenters. The molecule has 6 nitrogen and oxygen atoms in total.